The minimum absolute atomic E-state index is 0.0461. The Morgan fingerprint density at radius 3 is 2.27 bits per heavy atom. The van der Waals surface area contributed by atoms with Crippen LogP contribution in [0, 0.1) is 17.6 Å². The lowest BCUT2D eigenvalue weighted by Gasteiger charge is -2.39. The van der Waals surface area contributed by atoms with Crippen LogP contribution in [0.15, 0.2) is 65.8 Å². The van der Waals surface area contributed by atoms with Crippen LogP contribution >= 0.6 is 23.2 Å². The summed E-state index contributed by atoms with van der Waals surface area (Å²) in [6.45, 7) is 1.61. The van der Waals surface area contributed by atoms with Gasteiger partial charge in [0.25, 0.3) is 0 Å². The Kier molecular flexibility index (Phi) is 6.51. The Labute approximate surface area is 182 Å². The first-order valence-electron chi connectivity index (χ1n) is 8.89. The largest absolute Gasteiger partial charge is 0.363 e. The van der Waals surface area contributed by atoms with Crippen molar-refractivity contribution in [3.05, 3.63) is 104 Å². The fourth-order valence-corrected chi connectivity index (χ4v) is 3.77. The van der Waals surface area contributed by atoms with E-state index in [9.17, 15) is 19.2 Å². The minimum Gasteiger partial charge on any atom is -0.363 e. The fourth-order valence-electron chi connectivity index (χ4n) is 3.30. The molecule has 0 aliphatic carbocycles. The SMILES string of the molecule is Cc1ccc(F)c(Cl)c1C(O)(c1ccc(Cl)cc1)N(C=O)Cc1ccc(N=O)cc1. The topological polar surface area (TPSA) is 70.0 Å². The second-order valence-corrected chi connectivity index (χ2v) is 7.54. The van der Waals surface area contributed by atoms with Gasteiger partial charge in [-0.05, 0) is 53.6 Å². The number of carbonyl (C=O) groups is 1. The van der Waals surface area contributed by atoms with Crippen LogP contribution < -0.4 is 0 Å². The van der Waals surface area contributed by atoms with Crippen LogP contribution in [0.5, 0.6) is 0 Å². The van der Waals surface area contributed by atoms with Gasteiger partial charge in [-0.1, -0.05) is 53.5 Å². The van der Waals surface area contributed by atoms with E-state index < -0.39 is 11.5 Å². The molecule has 3 aromatic rings. The second kappa shape index (κ2) is 8.92. The number of rotatable bonds is 7. The van der Waals surface area contributed by atoms with E-state index in [1.165, 1.54) is 24.3 Å². The van der Waals surface area contributed by atoms with Gasteiger partial charge in [-0.15, -0.1) is 4.91 Å². The lowest BCUT2D eigenvalue weighted by atomic mass is 9.89. The molecule has 0 aliphatic rings. The van der Waals surface area contributed by atoms with Crippen LogP contribution in [0.4, 0.5) is 10.1 Å². The summed E-state index contributed by atoms with van der Waals surface area (Å²) < 4.78 is 14.3. The minimum atomic E-state index is -2.09. The predicted octanol–water partition coefficient (Wildman–Crippen LogP) is 5.69. The molecule has 3 rings (SSSR count). The zero-order valence-electron chi connectivity index (χ0n) is 15.8. The fraction of sp³-hybridized carbons (Fsp3) is 0.136. The van der Waals surface area contributed by atoms with Crippen LogP contribution in [0.2, 0.25) is 10.0 Å². The van der Waals surface area contributed by atoms with Crippen LogP contribution in [0.3, 0.4) is 0 Å². The van der Waals surface area contributed by atoms with Crippen molar-refractivity contribution in [2.45, 2.75) is 19.2 Å². The highest BCUT2D eigenvalue weighted by molar-refractivity contribution is 6.32. The lowest BCUT2D eigenvalue weighted by molar-refractivity contribution is -0.141. The molecule has 3 aromatic carbocycles. The van der Waals surface area contributed by atoms with Gasteiger partial charge in [-0.2, -0.15) is 0 Å². The molecule has 8 heteroatoms. The van der Waals surface area contributed by atoms with E-state index in [4.69, 9.17) is 23.2 Å². The summed E-state index contributed by atoms with van der Waals surface area (Å²) in [6.07, 6.45) is 0.459. The molecule has 0 aromatic heterocycles. The van der Waals surface area contributed by atoms with Crippen molar-refractivity contribution in [2.24, 2.45) is 5.18 Å². The van der Waals surface area contributed by atoms with Crippen molar-refractivity contribution in [2.75, 3.05) is 0 Å². The van der Waals surface area contributed by atoms with Gasteiger partial charge in [0, 0.05) is 22.7 Å². The monoisotopic (exact) mass is 446 g/mol. The highest BCUT2D eigenvalue weighted by Crippen LogP contribution is 2.41. The molecule has 0 bridgehead atoms. The summed E-state index contributed by atoms with van der Waals surface area (Å²) in [5.41, 5.74) is -0.422. The van der Waals surface area contributed by atoms with Gasteiger partial charge >= 0.3 is 0 Å². The molecule has 1 amide bonds. The summed E-state index contributed by atoms with van der Waals surface area (Å²) in [4.78, 5) is 23.9. The van der Waals surface area contributed by atoms with E-state index in [0.29, 0.717) is 22.6 Å². The van der Waals surface area contributed by atoms with E-state index in [-0.39, 0.29) is 28.4 Å². The van der Waals surface area contributed by atoms with Crippen molar-refractivity contribution in [3.63, 3.8) is 0 Å². The lowest BCUT2D eigenvalue weighted by Crippen LogP contribution is -2.46. The number of aliphatic hydroxyl groups is 1. The number of nitroso groups, excluding NO2 is 1. The number of halogens is 3. The molecule has 0 aliphatic heterocycles. The van der Waals surface area contributed by atoms with Crippen molar-refractivity contribution >= 4 is 35.3 Å². The van der Waals surface area contributed by atoms with E-state index in [0.717, 1.165) is 4.90 Å². The number of aryl methyl sites for hydroxylation is 1. The predicted molar refractivity (Wildman–Crippen MR) is 114 cm³/mol. The maximum atomic E-state index is 14.3. The van der Waals surface area contributed by atoms with Gasteiger partial charge < -0.3 is 10.0 Å². The Morgan fingerprint density at radius 1 is 1.07 bits per heavy atom. The molecule has 1 atom stereocenters. The molecule has 154 valence electrons. The average Bonchev–Trinajstić information content (AvgIpc) is 2.75. The summed E-state index contributed by atoms with van der Waals surface area (Å²) in [7, 11) is 0. The molecular weight excluding hydrogens is 430 g/mol. The smallest absolute Gasteiger partial charge is 0.212 e. The Hall–Kier alpha value is -2.80. The summed E-state index contributed by atoms with van der Waals surface area (Å²) in [5, 5.41) is 14.9. The summed E-state index contributed by atoms with van der Waals surface area (Å²) >= 11 is 12.2. The molecule has 0 heterocycles. The van der Waals surface area contributed by atoms with E-state index in [2.05, 4.69) is 5.18 Å². The van der Waals surface area contributed by atoms with Gasteiger partial charge in [0.15, 0.2) is 5.72 Å². The van der Waals surface area contributed by atoms with Gasteiger partial charge in [0.1, 0.15) is 11.5 Å². The van der Waals surface area contributed by atoms with E-state index in [1.54, 1.807) is 43.3 Å². The molecule has 0 saturated carbocycles. The third-order valence-corrected chi connectivity index (χ3v) is 5.46. The zero-order valence-corrected chi connectivity index (χ0v) is 17.4. The van der Waals surface area contributed by atoms with E-state index >= 15 is 0 Å². The molecule has 1 unspecified atom stereocenters. The van der Waals surface area contributed by atoms with E-state index in [1.807, 2.05) is 0 Å². The second-order valence-electron chi connectivity index (χ2n) is 6.72. The Morgan fingerprint density at radius 2 is 1.70 bits per heavy atom. The maximum absolute atomic E-state index is 14.3. The molecule has 30 heavy (non-hydrogen) atoms. The van der Waals surface area contributed by atoms with Crippen molar-refractivity contribution < 1.29 is 14.3 Å². The van der Waals surface area contributed by atoms with Crippen molar-refractivity contribution in [1.82, 2.24) is 4.90 Å². The molecule has 1 N–H and O–H groups in total. The number of hydrogen-bond donors (Lipinski definition) is 1. The normalized spacial score (nSPS) is 12.8. The molecule has 0 saturated heterocycles. The third-order valence-electron chi connectivity index (χ3n) is 4.84. The molecule has 0 radical (unpaired) electrons. The average molecular weight is 447 g/mol. The van der Waals surface area contributed by atoms with Crippen LogP contribution in [-0.4, -0.2) is 16.4 Å². The number of carbonyl (C=O) groups excluding carboxylic acids is 1. The molecule has 0 fully saturated rings. The Bertz CT molecular complexity index is 1070. The molecule has 0 spiro atoms. The highest BCUT2D eigenvalue weighted by atomic mass is 35.5. The molecule has 5 nitrogen and oxygen atoms in total. The van der Waals surface area contributed by atoms with Crippen molar-refractivity contribution in [3.8, 4) is 0 Å². The quantitative estimate of drug-likeness (QED) is 0.287. The van der Waals surface area contributed by atoms with Crippen LogP contribution in [-0.2, 0) is 17.1 Å². The van der Waals surface area contributed by atoms with Crippen molar-refractivity contribution in [1.29, 1.82) is 0 Å². The van der Waals surface area contributed by atoms with Gasteiger partial charge in [0.2, 0.25) is 6.41 Å². The van der Waals surface area contributed by atoms with Gasteiger partial charge in [-0.25, -0.2) is 4.39 Å². The van der Waals surface area contributed by atoms with Crippen LogP contribution in [0.25, 0.3) is 0 Å². The third kappa shape index (κ3) is 4.07. The standard InChI is InChI=1S/C22H17Cl2FN2O3/c1-14-2-11-19(25)21(24)20(14)22(29,16-5-7-17(23)8-6-16)27(13-28)12-15-3-9-18(26-30)10-4-15/h2-11,13,29H,12H2,1H3. The van der Waals surface area contributed by atoms with Gasteiger partial charge in [-0.3, -0.25) is 4.79 Å². The summed E-state index contributed by atoms with van der Waals surface area (Å²) in [6, 6.07) is 15.1. The maximum Gasteiger partial charge on any atom is 0.212 e. The van der Waals surface area contributed by atoms with Crippen LogP contribution in [0.1, 0.15) is 22.3 Å². The zero-order chi connectivity index (χ0) is 21.9. The highest BCUT2D eigenvalue weighted by Gasteiger charge is 2.41. The first-order chi connectivity index (χ1) is 14.3. The molecular formula is C22H17Cl2FN2O3. The number of benzene rings is 3. The Balaban J connectivity index is 2.19. The number of hydrogen-bond acceptors (Lipinski definition) is 4. The summed E-state index contributed by atoms with van der Waals surface area (Å²) in [5.74, 6) is -0.725. The van der Waals surface area contributed by atoms with Gasteiger partial charge in [0.05, 0.1) is 5.02 Å². The number of nitrogens with zero attached hydrogens (tertiary/aromatic N) is 2. The number of amides is 1. The first kappa shape index (κ1) is 21.9. The first-order valence-corrected chi connectivity index (χ1v) is 9.64.